The molecule has 2 aromatic rings. The first-order chi connectivity index (χ1) is 14.3. The Morgan fingerprint density at radius 2 is 1.93 bits per heavy atom. The van der Waals surface area contributed by atoms with E-state index in [1.807, 2.05) is 0 Å². The van der Waals surface area contributed by atoms with Crippen molar-refractivity contribution in [1.82, 2.24) is 10.6 Å². The average molecular weight is 433 g/mol. The fourth-order valence-corrected chi connectivity index (χ4v) is 2.59. The van der Waals surface area contributed by atoms with Crippen molar-refractivity contribution < 1.29 is 24.0 Å². The van der Waals surface area contributed by atoms with E-state index in [1.54, 1.807) is 18.2 Å². The van der Waals surface area contributed by atoms with Crippen molar-refractivity contribution in [3.05, 3.63) is 70.0 Å². The lowest BCUT2D eigenvalue weighted by Crippen LogP contribution is -2.36. The number of carboxylic acid groups (broad SMARTS) is 1. The molecule has 0 aliphatic carbocycles. The van der Waals surface area contributed by atoms with Crippen LogP contribution in [0.2, 0.25) is 0 Å². The summed E-state index contributed by atoms with van der Waals surface area (Å²) in [5.74, 6) is -0.740. The number of carbonyl (C=O) groups is 1. The van der Waals surface area contributed by atoms with Gasteiger partial charge in [-0.2, -0.15) is 0 Å². The Balaban J connectivity index is 1.95. The molecular formula is C20H20FN3O5S. The van der Waals surface area contributed by atoms with Crippen molar-refractivity contribution in [2.24, 2.45) is 0 Å². The zero-order valence-corrected chi connectivity index (χ0v) is 16.7. The summed E-state index contributed by atoms with van der Waals surface area (Å²) >= 11 is 5.02. The largest absolute Gasteiger partial charge is 0.481 e. The van der Waals surface area contributed by atoms with E-state index in [-0.39, 0.29) is 24.4 Å². The molecule has 0 unspecified atom stereocenters. The maximum absolute atomic E-state index is 13.3. The molecule has 2 aromatic carbocycles. The number of hydrogen-bond acceptors (Lipinski definition) is 5. The average Bonchev–Trinajstić information content (AvgIpc) is 2.67. The van der Waals surface area contributed by atoms with E-state index in [2.05, 4.69) is 10.6 Å². The van der Waals surface area contributed by atoms with Gasteiger partial charge in [-0.05, 0) is 42.9 Å². The van der Waals surface area contributed by atoms with E-state index >= 15 is 0 Å². The molecule has 30 heavy (non-hydrogen) atoms. The summed E-state index contributed by atoms with van der Waals surface area (Å²) in [6, 6.07) is 9.88. The third-order valence-corrected chi connectivity index (χ3v) is 4.03. The van der Waals surface area contributed by atoms with Gasteiger partial charge in [-0.1, -0.05) is 18.2 Å². The molecule has 0 saturated heterocycles. The third kappa shape index (κ3) is 7.84. The molecule has 0 aliphatic heterocycles. The van der Waals surface area contributed by atoms with E-state index in [9.17, 15) is 19.3 Å². The Hall–Kier alpha value is -3.53. The highest BCUT2D eigenvalue weighted by Crippen LogP contribution is 2.29. The van der Waals surface area contributed by atoms with Gasteiger partial charge in [0.05, 0.1) is 16.9 Å². The van der Waals surface area contributed by atoms with Gasteiger partial charge in [-0.25, -0.2) is 4.39 Å². The number of nitro groups is 1. The summed E-state index contributed by atoms with van der Waals surface area (Å²) in [5.41, 5.74) is 0.257. The predicted molar refractivity (Wildman–Crippen MR) is 114 cm³/mol. The predicted octanol–water partition coefficient (Wildman–Crippen LogP) is 3.87. The fraction of sp³-hybridized carbons (Fsp3) is 0.200. The number of hydrogen-bond donors (Lipinski definition) is 3. The van der Waals surface area contributed by atoms with Gasteiger partial charge in [-0.15, -0.1) is 0 Å². The van der Waals surface area contributed by atoms with E-state index in [0.29, 0.717) is 29.4 Å². The second kappa shape index (κ2) is 11.5. The first-order valence-corrected chi connectivity index (χ1v) is 9.38. The van der Waals surface area contributed by atoms with Gasteiger partial charge < -0.3 is 20.5 Å². The minimum absolute atomic E-state index is 0.0422. The lowest BCUT2D eigenvalue weighted by atomic mass is 10.1. The molecule has 0 heterocycles. The maximum atomic E-state index is 13.3. The second-order valence-electron chi connectivity index (χ2n) is 6.05. The molecule has 2 rings (SSSR count). The molecule has 0 radical (unpaired) electrons. The molecule has 10 heteroatoms. The molecule has 0 aromatic heterocycles. The van der Waals surface area contributed by atoms with E-state index in [4.69, 9.17) is 22.1 Å². The summed E-state index contributed by atoms with van der Waals surface area (Å²) < 4.78 is 18.9. The molecule has 0 fully saturated rings. The number of ether oxygens (including phenoxy) is 1. The molecule has 0 atom stereocenters. The van der Waals surface area contributed by atoms with Crippen LogP contribution in [0.3, 0.4) is 0 Å². The Bertz CT molecular complexity index is 952. The lowest BCUT2D eigenvalue weighted by Gasteiger charge is -2.08. The van der Waals surface area contributed by atoms with Gasteiger partial charge in [0.25, 0.3) is 5.69 Å². The van der Waals surface area contributed by atoms with Gasteiger partial charge in [0, 0.05) is 25.2 Å². The summed E-state index contributed by atoms with van der Waals surface area (Å²) in [6.07, 6.45) is 3.81. The van der Waals surface area contributed by atoms with Gasteiger partial charge in [0.15, 0.2) is 5.11 Å². The molecule has 0 saturated carbocycles. The quantitative estimate of drug-likeness (QED) is 0.224. The summed E-state index contributed by atoms with van der Waals surface area (Å²) in [6.45, 7) is 0.685. The number of aliphatic carboxylic acids is 1. The monoisotopic (exact) mass is 433 g/mol. The van der Waals surface area contributed by atoms with Crippen LogP contribution in [0.25, 0.3) is 6.08 Å². The highest BCUT2D eigenvalue weighted by Gasteiger charge is 2.13. The Kier molecular flexibility index (Phi) is 8.70. The summed E-state index contributed by atoms with van der Waals surface area (Å²) in [4.78, 5) is 21.2. The number of rotatable bonds is 10. The van der Waals surface area contributed by atoms with Crippen molar-refractivity contribution in [3.63, 3.8) is 0 Å². The highest BCUT2D eigenvalue weighted by molar-refractivity contribution is 7.80. The summed E-state index contributed by atoms with van der Waals surface area (Å²) in [7, 11) is 0. The summed E-state index contributed by atoms with van der Waals surface area (Å²) in [5, 5.41) is 25.8. The number of nitrogens with zero attached hydrogens (tertiary/aromatic N) is 1. The topological polar surface area (TPSA) is 114 Å². The van der Waals surface area contributed by atoms with E-state index in [0.717, 1.165) is 0 Å². The fourth-order valence-electron chi connectivity index (χ4n) is 2.39. The van der Waals surface area contributed by atoms with Gasteiger partial charge in [0.1, 0.15) is 17.3 Å². The van der Waals surface area contributed by atoms with Crippen molar-refractivity contribution in [2.45, 2.75) is 12.8 Å². The second-order valence-corrected chi connectivity index (χ2v) is 6.46. The van der Waals surface area contributed by atoms with Crippen molar-refractivity contribution in [1.29, 1.82) is 0 Å². The van der Waals surface area contributed by atoms with Crippen LogP contribution in [0, 0.1) is 15.9 Å². The zero-order valence-electron chi connectivity index (χ0n) is 15.8. The number of carboxylic acids is 1. The minimum Gasteiger partial charge on any atom is -0.481 e. The molecule has 158 valence electrons. The highest BCUT2D eigenvalue weighted by atomic mass is 32.1. The van der Waals surface area contributed by atoms with Crippen molar-refractivity contribution in [2.75, 3.05) is 13.1 Å². The number of benzene rings is 2. The van der Waals surface area contributed by atoms with Crippen molar-refractivity contribution >= 4 is 35.1 Å². The third-order valence-electron chi connectivity index (χ3n) is 3.75. The van der Waals surface area contributed by atoms with Crippen LogP contribution in [0.4, 0.5) is 10.1 Å². The molecular weight excluding hydrogens is 413 g/mol. The van der Waals surface area contributed by atoms with Crippen LogP contribution in [-0.2, 0) is 4.79 Å². The van der Waals surface area contributed by atoms with Crippen LogP contribution < -0.4 is 15.4 Å². The van der Waals surface area contributed by atoms with Gasteiger partial charge >= 0.3 is 5.97 Å². The smallest absolute Gasteiger partial charge is 0.305 e. The van der Waals surface area contributed by atoms with Gasteiger partial charge in [0.2, 0.25) is 0 Å². The number of nitrogens with one attached hydrogen (secondary N) is 2. The standard InChI is InChI=1S/C20H20FN3O5S/c21-15-5-3-6-16(13-15)29-17-7-8-18(24(27)28)14(12-17)4-1-2-10-22-20(30)23-11-9-19(25)26/h1,3-8,12-13H,2,9-11H2,(H,25,26)(H2,22,23,30)/b4-1+. The minimum atomic E-state index is -0.918. The first-order valence-electron chi connectivity index (χ1n) is 8.97. The zero-order chi connectivity index (χ0) is 21.9. The number of thiocarbonyl (C=S) groups is 1. The lowest BCUT2D eigenvalue weighted by molar-refractivity contribution is -0.385. The van der Waals surface area contributed by atoms with Crippen LogP contribution >= 0.6 is 12.2 Å². The molecule has 8 nitrogen and oxygen atoms in total. The van der Waals surface area contributed by atoms with Crippen LogP contribution in [0.1, 0.15) is 18.4 Å². The molecule has 0 amide bonds. The number of halogens is 1. The molecule has 0 bridgehead atoms. The first kappa shape index (κ1) is 22.8. The van der Waals surface area contributed by atoms with Crippen LogP contribution in [-0.4, -0.2) is 34.2 Å². The number of nitro benzene ring substituents is 1. The van der Waals surface area contributed by atoms with Crippen LogP contribution in [0.15, 0.2) is 48.5 Å². The maximum Gasteiger partial charge on any atom is 0.305 e. The normalized spacial score (nSPS) is 10.6. The Morgan fingerprint density at radius 1 is 1.20 bits per heavy atom. The SMILES string of the molecule is O=C(O)CCNC(=S)NCC/C=C/c1cc(Oc2cccc(F)c2)ccc1[N+](=O)[O-]. The van der Waals surface area contributed by atoms with Gasteiger partial charge in [-0.3, -0.25) is 14.9 Å². The Morgan fingerprint density at radius 3 is 2.63 bits per heavy atom. The van der Waals surface area contributed by atoms with E-state index < -0.39 is 16.7 Å². The van der Waals surface area contributed by atoms with Crippen LogP contribution in [0.5, 0.6) is 11.5 Å². The van der Waals surface area contributed by atoms with E-state index in [1.165, 1.54) is 36.4 Å². The molecule has 3 N–H and O–H groups in total. The molecule has 0 aliphatic rings. The molecule has 0 spiro atoms. The van der Waals surface area contributed by atoms with Crippen molar-refractivity contribution in [3.8, 4) is 11.5 Å². The Labute approximate surface area is 177 Å².